The predicted molar refractivity (Wildman–Crippen MR) is 93.6 cm³/mol. The van der Waals surface area contributed by atoms with Crippen LogP contribution in [0, 0.1) is 11.6 Å². The van der Waals surface area contributed by atoms with Crippen molar-refractivity contribution >= 4 is 16.9 Å². The summed E-state index contributed by atoms with van der Waals surface area (Å²) >= 11 is 0. The minimum Gasteiger partial charge on any atom is -0.481 e. The van der Waals surface area contributed by atoms with Gasteiger partial charge in [0.25, 0.3) is 0 Å². The lowest BCUT2D eigenvalue weighted by molar-refractivity contribution is -0.136. The summed E-state index contributed by atoms with van der Waals surface area (Å²) in [6.45, 7) is 2.11. The van der Waals surface area contributed by atoms with E-state index in [1.165, 1.54) is 12.1 Å². The van der Waals surface area contributed by atoms with E-state index >= 15 is 0 Å². The van der Waals surface area contributed by atoms with Crippen molar-refractivity contribution in [2.45, 2.75) is 32.6 Å². The Morgan fingerprint density at radius 1 is 1.16 bits per heavy atom. The summed E-state index contributed by atoms with van der Waals surface area (Å²) < 4.78 is 27.4. The molecule has 0 amide bonds. The minimum atomic E-state index is -0.997. The van der Waals surface area contributed by atoms with Gasteiger partial charge in [0, 0.05) is 22.5 Å². The van der Waals surface area contributed by atoms with Gasteiger partial charge in [-0.15, -0.1) is 0 Å². The molecule has 1 heterocycles. The van der Waals surface area contributed by atoms with Crippen molar-refractivity contribution in [1.82, 2.24) is 4.98 Å². The van der Waals surface area contributed by atoms with Crippen LogP contribution in [0.4, 0.5) is 8.78 Å². The number of fused-ring (bicyclic) bond motifs is 1. The van der Waals surface area contributed by atoms with E-state index in [9.17, 15) is 18.7 Å². The molecule has 5 heteroatoms. The normalized spacial score (nSPS) is 11.2. The third-order valence-electron chi connectivity index (χ3n) is 4.32. The maximum Gasteiger partial charge on any atom is 0.307 e. The van der Waals surface area contributed by atoms with Gasteiger partial charge < -0.3 is 10.1 Å². The van der Waals surface area contributed by atoms with Crippen molar-refractivity contribution in [1.29, 1.82) is 0 Å². The van der Waals surface area contributed by atoms with E-state index in [-0.39, 0.29) is 12.0 Å². The van der Waals surface area contributed by atoms with Gasteiger partial charge in [-0.25, -0.2) is 8.78 Å². The highest BCUT2D eigenvalue weighted by atomic mass is 19.1. The Labute approximate surface area is 144 Å². The monoisotopic (exact) mass is 343 g/mol. The number of unbranched alkanes of at least 4 members (excludes halogenated alkanes) is 1. The van der Waals surface area contributed by atoms with E-state index in [1.54, 1.807) is 0 Å². The maximum absolute atomic E-state index is 14.2. The number of hydrogen-bond donors (Lipinski definition) is 2. The van der Waals surface area contributed by atoms with Crippen LogP contribution < -0.4 is 0 Å². The number of carboxylic acids is 1. The molecule has 25 heavy (non-hydrogen) atoms. The van der Waals surface area contributed by atoms with Gasteiger partial charge in [-0.1, -0.05) is 19.4 Å². The predicted octanol–water partition coefficient (Wildman–Crippen LogP) is 5.08. The standard InChI is InChI=1S/C20H19F2NO2/c1-2-3-4-12-5-8-18-15(9-12)16(11-19(24)25)20(23-18)14-7-6-13(21)10-17(14)22/h5-10,23H,2-4,11H2,1H3,(H,24,25). The fourth-order valence-corrected chi connectivity index (χ4v) is 3.09. The van der Waals surface area contributed by atoms with Crippen molar-refractivity contribution in [3.63, 3.8) is 0 Å². The van der Waals surface area contributed by atoms with Crippen LogP contribution >= 0.6 is 0 Å². The van der Waals surface area contributed by atoms with Crippen LogP contribution in [-0.4, -0.2) is 16.1 Å². The first kappa shape index (κ1) is 17.1. The molecule has 0 radical (unpaired) electrons. The van der Waals surface area contributed by atoms with E-state index < -0.39 is 17.6 Å². The molecular formula is C20H19F2NO2. The first-order chi connectivity index (χ1) is 12.0. The number of benzene rings is 2. The molecule has 3 rings (SSSR count). The molecule has 0 spiro atoms. The minimum absolute atomic E-state index is 0.170. The zero-order chi connectivity index (χ0) is 18.0. The second-order valence-corrected chi connectivity index (χ2v) is 6.16. The van der Waals surface area contributed by atoms with Crippen molar-refractivity contribution in [2.75, 3.05) is 0 Å². The number of H-pyrrole nitrogens is 1. The number of carbonyl (C=O) groups is 1. The number of aryl methyl sites for hydroxylation is 1. The van der Waals surface area contributed by atoms with E-state index in [2.05, 4.69) is 11.9 Å². The number of aliphatic carboxylic acids is 1. The summed E-state index contributed by atoms with van der Waals surface area (Å²) in [5, 5.41) is 10.0. The Hall–Kier alpha value is -2.69. The van der Waals surface area contributed by atoms with Crippen molar-refractivity contribution in [3.05, 3.63) is 59.2 Å². The van der Waals surface area contributed by atoms with E-state index in [4.69, 9.17) is 0 Å². The van der Waals surface area contributed by atoms with Crippen LogP contribution in [0.5, 0.6) is 0 Å². The molecule has 2 aromatic carbocycles. The van der Waals surface area contributed by atoms with Gasteiger partial charge in [0.1, 0.15) is 11.6 Å². The van der Waals surface area contributed by atoms with Crippen LogP contribution in [0.3, 0.4) is 0 Å². The van der Waals surface area contributed by atoms with Gasteiger partial charge in [0.15, 0.2) is 0 Å². The van der Waals surface area contributed by atoms with Crippen LogP contribution in [0.25, 0.3) is 22.2 Å². The SMILES string of the molecule is CCCCc1ccc2[nH]c(-c3ccc(F)cc3F)c(CC(=O)O)c2c1. The third kappa shape index (κ3) is 3.55. The summed E-state index contributed by atoms with van der Waals surface area (Å²) in [5.41, 5.74) is 2.94. The first-order valence-electron chi connectivity index (χ1n) is 8.30. The molecule has 0 unspecified atom stereocenters. The molecule has 0 fully saturated rings. The summed E-state index contributed by atoms with van der Waals surface area (Å²) in [6.07, 6.45) is 2.79. The van der Waals surface area contributed by atoms with Crippen molar-refractivity contribution < 1.29 is 18.7 Å². The highest BCUT2D eigenvalue weighted by Gasteiger charge is 2.19. The average Bonchev–Trinajstić information content (AvgIpc) is 2.90. The molecule has 0 bridgehead atoms. The second kappa shape index (κ2) is 7.05. The molecule has 2 N–H and O–H groups in total. The number of halogens is 2. The van der Waals surface area contributed by atoms with Crippen LogP contribution in [0.1, 0.15) is 30.9 Å². The number of aromatic nitrogens is 1. The summed E-state index contributed by atoms with van der Waals surface area (Å²) in [4.78, 5) is 14.4. The van der Waals surface area contributed by atoms with Crippen LogP contribution in [-0.2, 0) is 17.6 Å². The Morgan fingerprint density at radius 3 is 2.64 bits per heavy atom. The van der Waals surface area contributed by atoms with Crippen molar-refractivity contribution in [3.8, 4) is 11.3 Å². The maximum atomic E-state index is 14.2. The van der Waals surface area contributed by atoms with Gasteiger partial charge in [0.2, 0.25) is 0 Å². The number of hydrogen-bond acceptors (Lipinski definition) is 1. The lowest BCUT2D eigenvalue weighted by Crippen LogP contribution is -2.01. The highest BCUT2D eigenvalue weighted by molar-refractivity contribution is 5.94. The fraction of sp³-hybridized carbons (Fsp3) is 0.250. The zero-order valence-corrected chi connectivity index (χ0v) is 13.9. The molecule has 1 aromatic heterocycles. The lowest BCUT2D eigenvalue weighted by Gasteiger charge is -2.05. The molecular weight excluding hydrogens is 324 g/mol. The number of aromatic amines is 1. The van der Waals surface area contributed by atoms with E-state index in [0.29, 0.717) is 11.3 Å². The van der Waals surface area contributed by atoms with E-state index in [0.717, 1.165) is 41.8 Å². The van der Waals surface area contributed by atoms with Crippen molar-refractivity contribution in [2.24, 2.45) is 0 Å². The summed E-state index contributed by atoms with van der Waals surface area (Å²) in [6, 6.07) is 9.14. The molecule has 0 saturated heterocycles. The molecule has 0 aliphatic heterocycles. The molecule has 3 aromatic rings. The molecule has 130 valence electrons. The van der Waals surface area contributed by atoms with E-state index in [1.807, 2.05) is 18.2 Å². The van der Waals surface area contributed by atoms with Gasteiger partial charge >= 0.3 is 5.97 Å². The molecule has 0 atom stereocenters. The van der Waals surface area contributed by atoms with Gasteiger partial charge in [0.05, 0.1) is 12.1 Å². The zero-order valence-electron chi connectivity index (χ0n) is 13.9. The highest BCUT2D eigenvalue weighted by Crippen LogP contribution is 2.33. The second-order valence-electron chi connectivity index (χ2n) is 6.16. The molecule has 0 saturated carbocycles. The molecule has 0 aliphatic rings. The Morgan fingerprint density at radius 2 is 1.96 bits per heavy atom. The number of carboxylic acid groups (broad SMARTS) is 1. The largest absolute Gasteiger partial charge is 0.481 e. The van der Waals surface area contributed by atoms with Gasteiger partial charge in [-0.2, -0.15) is 0 Å². The summed E-state index contributed by atoms with van der Waals surface area (Å²) in [7, 11) is 0. The lowest BCUT2D eigenvalue weighted by atomic mass is 10.00. The number of rotatable bonds is 6. The number of nitrogens with one attached hydrogen (secondary N) is 1. The quantitative estimate of drug-likeness (QED) is 0.655. The third-order valence-corrected chi connectivity index (χ3v) is 4.32. The first-order valence-corrected chi connectivity index (χ1v) is 8.30. The Bertz CT molecular complexity index is 931. The smallest absolute Gasteiger partial charge is 0.307 e. The van der Waals surface area contributed by atoms with Crippen LogP contribution in [0.15, 0.2) is 36.4 Å². The summed E-state index contributed by atoms with van der Waals surface area (Å²) in [5.74, 6) is -2.38. The average molecular weight is 343 g/mol. The van der Waals surface area contributed by atoms with Gasteiger partial charge in [-0.05, 0) is 48.2 Å². The van der Waals surface area contributed by atoms with Crippen LogP contribution in [0.2, 0.25) is 0 Å². The van der Waals surface area contributed by atoms with Gasteiger partial charge in [-0.3, -0.25) is 4.79 Å². The fourth-order valence-electron chi connectivity index (χ4n) is 3.09. The Kier molecular flexibility index (Phi) is 4.83. The Balaban J connectivity index is 2.18. The molecule has 0 aliphatic carbocycles. The topological polar surface area (TPSA) is 53.1 Å². The molecule has 3 nitrogen and oxygen atoms in total.